The molecule has 0 saturated heterocycles. The van der Waals surface area contributed by atoms with Crippen LogP contribution in [0, 0.1) is 6.92 Å². The lowest BCUT2D eigenvalue weighted by atomic mass is 10.0. The third-order valence-electron chi connectivity index (χ3n) is 4.76. The standard InChI is InChI=1S/C24H20N2O3/c1-16-7-6-8-18(15-16)25-22-21(17-11-13-20(29-2)14-12-17)23(27)26(24(22)28)19-9-4-3-5-10-19/h3-15,25H,1-2H3. The summed E-state index contributed by atoms with van der Waals surface area (Å²) < 4.78 is 5.21. The summed E-state index contributed by atoms with van der Waals surface area (Å²) in [5.41, 5.74) is 3.59. The smallest absolute Gasteiger partial charge is 0.282 e. The van der Waals surface area contributed by atoms with Gasteiger partial charge in [-0.2, -0.15) is 0 Å². The molecule has 0 aliphatic carbocycles. The molecule has 144 valence electrons. The molecule has 29 heavy (non-hydrogen) atoms. The summed E-state index contributed by atoms with van der Waals surface area (Å²) in [5, 5.41) is 3.18. The predicted octanol–water partition coefficient (Wildman–Crippen LogP) is 4.40. The van der Waals surface area contributed by atoms with E-state index in [-0.39, 0.29) is 17.5 Å². The number of aryl methyl sites for hydroxylation is 1. The van der Waals surface area contributed by atoms with E-state index in [0.29, 0.717) is 22.6 Å². The zero-order valence-corrected chi connectivity index (χ0v) is 16.2. The van der Waals surface area contributed by atoms with Crippen molar-refractivity contribution in [3.05, 3.63) is 95.7 Å². The van der Waals surface area contributed by atoms with E-state index in [2.05, 4.69) is 5.32 Å². The lowest BCUT2D eigenvalue weighted by Crippen LogP contribution is -2.32. The zero-order valence-electron chi connectivity index (χ0n) is 16.2. The van der Waals surface area contributed by atoms with Gasteiger partial charge in [0.2, 0.25) is 0 Å². The van der Waals surface area contributed by atoms with Crippen LogP contribution in [0.2, 0.25) is 0 Å². The van der Waals surface area contributed by atoms with Crippen molar-refractivity contribution in [1.29, 1.82) is 0 Å². The maximum absolute atomic E-state index is 13.3. The third-order valence-corrected chi connectivity index (χ3v) is 4.76. The third kappa shape index (κ3) is 3.50. The van der Waals surface area contributed by atoms with Crippen molar-refractivity contribution < 1.29 is 14.3 Å². The summed E-state index contributed by atoms with van der Waals surface area (Å²) in [5.74, 6) is -0.0609. The van der Waals surface area contributed by atoms with Crippen molar-refractivity contribution in [3.8, 4) is 5.75 Å². The van der Waals surface area contributed by atoms with Crippen molar-refractivity contribution >= 4 is 28.8 Å². The average molecular weight is 384 g/mol. The number of carbonyl (C=O) groups is 2. The van der Waals surface area contributed by atoms with E-state index in [1.807, 2.05) is 37.3 Å². The van der Waals surface area contributed by atoms with Gasteiger partial charge in [0.1, 0.15) is 11.4 Å². The highest BCUT2D eigenvalue weighted by atomic mass is 16.5. The molecule has 0 unspecified atom stereocenters. The van der Waals surface area contributed by atoms with Crippen LogP contribution in [0.3, 0.4) is 0 Å². The first kappa shape index (κ1) is 18.5. The number of ether oxygens (including phenoxy) is 1. The van der Waals surface area contributed by atoms with E-state index in [4.69, 9.17) is 4.74 Å². The molecule has 3 aromatic rings. The van der Waals surface area contributed by atoms with Crippen LogP contribution >= 0.6 is 0 Å². The number of anilines is 2. The van der Waals surface area contributed by atoms with Gasteiger partial charge < -0.3 is 10.1 Å². The van der Waals surface area contributed by atoms with Crippen molar-refractivity contribution in [3.63, 3.8) is 0 Å². The molecule has 0 atom stereocenters. The van der Waals surface area contributed by atoms with Crippen LogP contribution in [0.1, 0.15) is 11.1 Å². The minimum Gasteiger partial charge on any atom is -0.497 e. The summed E-state index contributed by atoms with van der Waals surface area (Å²) in [7, 11) is 1.58. The summed E-state index contributed by atoms with van der Waals surface area (Å²) in [4.78, 5) is 27.8. The summed E-state index contributed by atoms with van der Waals surface area (Å²) in [6, 6.07) is 23.7. The lowest BCUT2D eigenvalue weighted by molar-refractivity contribution is -0.120. The number of nitrogens with one attached hydrogen (secondary N) is 1. The van der Waals surface area contributed by atoms with Crippen LogP contribution < -0.4 is 15.0 Å². The number of rotatable bonds is 5. The van der Waals surface area contributed by atoms with Gasteiger partial charge in [0, 0.05) is 5.69 Å². The van der Waals surface area contributed by atoms with Crippen LogP contribution in [0.25, 0.3) is 5.57 Å². The SMILES string of the molecule is COc1ccc(C2=C(Nc3cccc(C)c3)C(=O)N(c3ccccc3)C2=O)cc1. The van der Waals surface area contributed by atoms with Gasteiger partial charge in [0.15, 0.2) is 0 Å². The normalized spacial score (nSPS) is 13.8. The molecule has 0 aromatic heterocycles. The van der Waals surface area contributed by atoms with E-state index < -0.39 is 0 Å². The molecule has 1 aliphatic rings. The highest BCUT2D eigenvalue weighted by Gasteiger charge is 2.40. The monoisotopic (exact) mass is 384 g/mol. The average Bonchev–Trinajstić information content (AvgIpc) is 2.98. The van der Waals surface area contributed by atoms with Gasteiger partial charge in [-0.05, 0) is 54.4 Å². The Labute approximate surface area is 169 Å². The molecule has 5 nitrogen and oxygen atoms in total. The second-order valence-electron chi connectivity index (χ2n) is 6.75. The Morgan fingerprint density at radius 1 is 0.828 bits per heavy atom. The van der Waals surface area contributed by atoms with Crippen molar-refractivity contribution in [2.24, 2.45) is 0 Å². The van der Waals surface area contributed by atoms with Gasteiger partial charge in [0.05, 0.1) is 18.4 Å². The Bertz CT molecular complexity index is 1100. The summed E-state index contributed by atoms with van der Waals surface area (Å²) in [6.45, 7) is 1.97. The molecule has 0 radical (unpaired) electrons. The van der Waals surface area contributed by atoms with Crippen LogP contribution in [0.15, 0.2) is 84.6 Å². The minimum atomic E-state index is -0.381. The Morgan fingerprint density at radius 2 is 1.55 bits per heavy atom. The highest BCUT2D eigenvalue weighted by molar-refractivity contribution is 6.46. The van der Waals surface area contributed by atoms with Crippen LogP contribution in [0.5, 0.6) is 5.75 Å². The Morgan fingerprint density at radius 3 is 2.21 bits per heavy atom. The molecule has 0 spiro atoms. The molecule has 0 fully saturated rings. The Hall–Kier alpha value is -3.86. The topological polar surface area (TPSA) is 58.6 Å². The first-order valence-electron chi connectivity index (χ1n) is 9.24. The van der Waals surface area contributed by atoms with Gasteiger partial charge >= 0.3 is 0 Å². The number of hydrogen-bond donors (Lipinski definition) is 1. The van der Waals surface area contributed by atoms with Gasteiger partial charge in [-0.25, -0.2) is 4.90 Å². The van der Waals surface area contributed by atoms with Gasteiger partial charge in [-0.15, -0.1) is 0 Å². The number of para-hydroxylation sites is 1. The fourth-order valence-corrected chi connectivity index (χ4v) is 3.35. The molecule has 2 amide bonds. The first-order chi connectivity index (χ1) is 14.1. The number of methoxy groups -OCH3 is 1. The fourth-order valence-electron chi connectivity index (χ4n) is 3.35. The van der Waals surface area contributed by atoms with E-state index in [1.165, 1.54) is 4.90 Å². The number of amides is 2. The molecule has 4 rings (SSSR count). The van der Waals surface area contributed by atoms with E-state index in [9.17, 15) is 9.59 Å². The molecular formula is C24H20N2O3. The van der Waals surface area contributed by atoms with Crippen LogP contribution in [-0.2, 0) is 9.59 Å². The number of nitrogens with zero attached hydrogens (tertiary/aromatic N) is 1. The molecule has 5 heteroatoms. The van der Waals surface area contributed by atoms with E-state index in [0.717, 1.165) is 11.3 Å². The molecule has 0 bridgehead atoms. The molecule has 1 aliphatic heterocycles. The summed E-state index contributed by atoms with van der Waals surface area (Å²) >= 11 is 0. The minimum absolute atomic E-state index is 0.259. The van der Waals surface area contributed by atoms with Crippen molar-refractivity contribution in [2.75, 3.05) is 17.3 Å². The van der Waals surface area contributed by atoms with Crippen LogP contribution in [0.4, 0.5) is 11.4 Å². The molecule has 0 saturated carbocycles. The Balaban J connectivity index is 1.82. The van der Waals surface area contributed by atoms with Gasteiger partial charge in [-0.1, -0.05) is 42.5 Å². The second-order valence-corrected chi connectivity index (χ2v) is 6.75. The summed E-state index contributed by atoms with van der Waals surface area (Å²) in [6.07, 6.45) is 0. The molecule has 3 aromatic carbocycles. The van der Waals surface area contributed by atoms with Crippen molar-refractivity contribution in [1.82, 2.24) is 0 Å². The largest absolute Gasteiger partial charge is 0.497 e. The highest BCUT2D eigenvalue weighted by Crippen LogP contribution is 2.34. The van der Waals surface area contributed by atoms with Crippen LogP contribution in [-0.4, -0.2) is 18.9 Å². The zero-order chi connectivity index (χ0) is 20.4. The Kier molecular flexibility index (Phi) is 4.87. The quantitative estimate of drug-likeness (QED) is 0.663. The molecule has 1 heterocycles. The predicted molar refractivity (Wildman–Crippen MR) is 114 cm³/mol. The maximum Gasteiger partial charge on any atom is 0.282 e. The first-order valence-corrected chi connectivity index (χ1v) is 9.24. The fraction of sp³-hybridized carbons (Fsp3) is 0.0833. The second kappa shape index (κ2) is 7.64. The van der Waals surface area contributed by atoms with E-state index in [1.54, 1.807) is 55.6 Å². The molecular weight excluding hydrogens is 364 g/mol. The maximum atomic E-state index is 13.3. The van der Waals surface area contributed by atoms with Crippen molar-refractivity contribution in [2.45, 2.75) is 6.92 Å². The van der Waals surface area contributed by atoms with Gasteiger partial charge in [0.25, 0.3) is 11.8 Å². The van der Waals surface area contributed by atoms with E-state index >= 15 is 0 Å². The lowest BCUT2D eigenvalue weighted by Gasteiger charge is -2.15. The molecule has 1 N–H and O–H groups in total. The number of hydrogen-bond acceptors (Lipinski definition) is 4. The number of carbonyl (C=O) groups excluding carboxylic acids is 2. The van der Waals surface area contributed by atoms with Gasteiger partial charge in [-0.3, -0.25) is 9.59 Å². The number of imide groups is 1. The number of benzene rings is 3.